The number of aryl methyl sites for hydroxylation is 1. The van der Waals surface area contributed by atoms with Crippen molar-refractivity contribution in [1.82, 2.24) is 54.4 Å². The Labute approximate surface area is 881 Å². The van der Waals surface area contributed by atoms with Crippen molar-refractivity contribution in [2.75, 3.05) is 80.7 Å². The molecule has 5 aromatic rings. The van der Waals surface area contributed by atoms with E-state index in [1.54, 1.807) is 16.7 Å². The average molecular weight is 1990 g/mol. The number of pyridine rings is 4. The smallest absolute Gasteiger partial charge is 0.246 e. The third-order valence-corrected chi connectivity index (χ3v) is 45.6. The first kappa shape index (κ1) is 103. The molecular formula is C130H175N11O6. The zero-order valence-corrected chi connectivity index (χ0v) is 92.6. The second-order valence-corrected chi connectivity index (χ2v) is 52.3. The predicted molar refractivity (Wildman–Crippen MR) is 592 cm³/mol. The molecule has 5 aromatic heterocycles. The number of fused-ring (bicyclic) bond motifs is 25. The molecule has 0 radical (unpaired) electrons. The molecule has 17 nitrogen and oxygen atoms in total. The van der Waals surface area contributed by atoms with E-state index < -0.39 is 0 Å². The second-order valence-electron chi connectivity index (χ2n) is 52.3. The Morgan fingerprint density at radius 1 is 0.354 bits per heavy atom. The fourth-order valence-corrected chi connectivity index (χ4v) is 36.9. The van der Waals surface area contributed by atoms with Gasteiger partial charge in [0.2, 0.25) is 23.6 Å². The Morgan fingerprint density at radius 2 is 0.721 bits per heavy atom. The summed E-state index contributed by atoms with van der Waals surface area (Å²) in [7, 11) is 8.15. The third-order valence-electron chi connectivity index (χ3n) is 45.6. The second kappa shape index (κ2) is 40.7. The minimum Gasteiger partial charge on any atom is -0.492 e. The van der Waals surface area contributed by atoms with Crippen molar-refractivity contribution in [2.45, 2.75) is 302 Å². The van der Waals surface area contributed by atoms with Crippen LogP contribution < -0.4 is 14.8 Å². The summed E-state index contributed by atoms with van der Waals surface area (Å²) in [5.41, 5.74) is 24.0. The molecule has 10 fully saturated rings. The highest BCUT2D eigenvalue weighted by Crippen LogP contribution is 2.73. The van der Waals surface area contributed by atoms with Gasteiger partial charge < -0.3 is 39.0 Å². The fourth-order valence-electron chi connectivity index (χ4n) is 36.9. The van der Waals surface area contributed by atoms with Gasteiger partial charge in [-0.3, -0.25) is 39.1 Å². The number of ether oxygens (including phenoxy) is 2. The van der Waals surface area contributed by atoms with Crippen molar-refractivity contribution in [2.24, 2.45) is 143 Å². The molecule has 1 N–H and O–H groups in total. The number of hydrogen-bond donors (Lipinski definition) is 1. The maximum atomic E-state index is 12.5. The van der Waals surface area contributed by atoms with Crippen LogP contribution in [0.1, 0.15) is 323 Å². The SMILES string of the molecule is CCCOc1cncc(C2=CC[C@H]3[C@@H]4CCC5=CC(=O)N(C)CC[C@]5(C)[C@H]4CC[C@]23C)c1.CCCOc1cncc(C2=CC[C@H]3[C@@H]4CCC5=CC(=O)NCC[C@]5(C)[C@H]4CC[C@]23C)c1.CCc1cncc(C2=CC[C@H]3[C@@H]4CCC5=CC(=O)N(C)CC[C@]5(C)[C@H]4CC[C@]23C)c1.CN1CC=C2CC[C@@H]3[C@H](CC[C@]4(C)C(c5cccnc5)=CC[C@@H]34)[C@@]2(C)CC1.CN1CC[C@@]2(C)C(=CC1=O)CC[C@@H]1[C@@H]2CC[C@]2(C)C(n3ccnc3)=CC[C@@H]12. The molecule has 15 aliphatic carbocycles. The molecule has 25 rings (SSSR count). The topological polar surface area (TPSA) is 181 Å². The quantitative estimate of drug-likeness (QED) is 0.117. The molecule has 10 heterocycles. The number of nitrogens with one attached hydrogen (secondary N) is 1. The number of hydrogen-bond acceptors (Lipinski definition) is 12. The van der Waals surface area contributed by atoms with Crippen molar-refractivity contribution >= 4 is 51.6 Å². The molecule has 147 heavy (non-hydrogen) atoms. The number of amides is 4. The zero-order valence-electron chi connectivity index (χ0n) is 92.6. The summed E-state index contributed by atoms with van der Waals surface area (Å²) in [5, 5.41) is 3.08. The highest BCUT2D eigenvalue weighted by atomic mass is 16.5. The van der Waals surface area contributed by atoms with Crippen molar-refractivity contribution in [1.29, 1.82) is 0 Å². The van der Waals surface area contributed by atoms with Gasteiger partial charge in [0, 0.05) is 139 Å². The summed E-state index contributed by atoms with van der Waals surface area (Å²) in [6.45, 7) is 38.9. The van der Waals surface area contributed by atoms with Gasteiger partial charge >= 0.3 is 0 Å². The number of carbonyl (C=O) groups excluding carboxylic acids is 4. The maximum absolute atomic E-state index is 12.5. The lowest BCUT2D eigenvalue weighted by Gasteiger charge is -2.57. The molecule has 0 bridgehead atoms. The van der Waals surface area contributed by atoms with Crippen LogP contribution in [0.2, 0.25) is 0 Å². The van der Waals surface area contributed by atoms with Crippen LogP contribution in [0.3, 0.4) is 0 Å². The monoisotopic (exact) mass is 1990 g/mol. The van der Waals surface area contributed by atoms with E-state index in [4.69, 9.17) is 9.47 Å². The van der Waals surface area contributed by atoms with E-state index in [1.807, 2.05) is 110 Å². The van der Waals surface area contributed by atoms with Crippen LogP contribution in [0.15, 0.2) is 187 Å². The minimum atomic E-state index is 0.111. The number of nitrogens with zero attached hydrogens (tertiary/aromatic N) is 10. The van der Waals surface area contributed by atoms with Gasteiger partial charge in [-0.25, -0.2) is 4.98 Å². The largest absolute Gasteiger partial charge is 0.492 e. The highest BCUT2D eigenvalue weighted by molar-refractivity contribution is 5.91. The Hall–Kier alpha value is -9.35. The third kappa shape index (κ3) is 18.1. The van der Waals surface area contributed by atoms with Crippen molar-refractivity contribution in [3.8, 4) is 11.5 Å². The number of imidazole rings is 1. The molecule has 0 aromatic carbocycles. The Bertz CT molecular complexity index is 6130. The predicted octanol–water partition coefficient (Wildman–Crippen LogP) is 27.1. The van der Waals surface area contributed by atoms with Crippen LogP contribution in [-0.2, 0) is 25.6 Å². The van der Waals surface area contributed by atoms with Gasteiger partial charge in [-0.05, 0) is 437 Å². The molecule has 0 saturated heterocycles. The summed E-state index contributed by atoms with van der Waals surface area (Å²) < 4.78 is 14.0. The summed E-state index contributed by atoms with van der Waals surface area (Å²) in [6, 6.07) is 11.1. The molecule has 0 unspecified atom stereocenters. The zero-order chi connectivity index (χ0) is 103. The number of carbonyl (C=O) groups is 4. The van der Waals surface area contributed by atoms with Gasteiger partial charge in [0.1, 0.15) is 11.5 Å². The van der Waals surface area contributed by atoms with E-state index in [9.17, 15) is 19.2 Å². The molecule has 20 aliphatic rings. The van der Waals surface area contributed by atoms with E-state index in [0.29, 0.717) is 46.3 Å². The van der Waals surface area contributed by atoms with Gasteiger partial charge in [0.05, 0.1) is 31.9 Å². The molecular weight excluding hydrogens is 1810 g/mol. The van der Waals surface area contributed by atoms with Gasteiger partial charge in [-0.15, -0.1) is 0 Å². The molecule has 5 aliphatic heterocycles. The van der Waals surface area contributed by atoms with Crippen LogP contribution in [-0.4, -0.2) is 153 Å². The van der Waals surface area contributed by atoms with Crippen molar-refractivity contribution in [3.63, 3.8) is 0 Å². The van der Waals surface area contributed by atoms with E-state index in [2.05, 4.69) is 222 Å². The first-order valence-corrected chi connectivity index (χ1v) is 58.4. The fraction of sp³-hybridized carbons (Fsp3) is 0.638. The minimum absolute atomic E-state index is 0.111. The maximum Gasteiger partial charge on any atom is 0.246 e. The highest BCUT2D eigenvalue weighted by Gasteiger charge is 2.64. The van der Waals surface area contributed by atoms with E-state index >= 15 is 0 Å². The first-order valence-electron chi connectivity index (χ1n) is 58.4. The number of likely N-dealkylation sites (N-methyl/N-ethyl adjacent to an activating group) is 4. The average Bonchev–Trinajstić information content (AvgIpc) is 1.56. The number of rotatable bonds is 12. The lowest BCUT2D eigenvalue weighted by molar-refractivity contribution is -0.125. The molecule has 0 spiro atoms. The summed E-state index contributed by atoms with van der Waals surface area (Å²) in [4.78, 5) is 80.1. The Kier molecular flexibility index (Phi) is 28.6. The number of aromatic nitrogens is 6. The summed E-state index contributed by atoms with van der Waals surface area (Å²) in [5.74, 6) is 13.7. The standard InChI is InChI=1S/C28H38N2O2.C27H36N2O2.C27H36N2O.C25H34N2.C23H31N3O/c1-5-14-32-21-15-19(17-29-18-21)23-8-9-24-22-7-6-20-16-26(31)30(4)13-12-27(20,2)25(22)10-11-28(23,24)3;1-4-13-31-20-14-18(16-28-17-20)22-7-8-23-21-6-5-19-15-25(30)29-12-11-26(19,2)24(21)9-10-27(22,23)3;1-5-18-14-19(17-28-16-18)22-8-9-23-21-7-6-20-15-25(30)29(4)13-12-26(20,2)24(21)10-11-27(22,23)3;1-24-13-16-27(3)15-11-19(24)6-7-20-22-9-8-21(18-5-4-14-26-17-18)25(22,2)12-10-23(20)24;1-22-10-12-25(3)21(27)14-16(22)4-5-17-18-6-7-20(26-13-11-24-15-26)23(18,2)9-8-19(17)22/h8,15-18,22,24-25H,5-7,9-14H2,1-4H3;7,14-17,21,23-24H,4-6,8-13H2,1-3H3,(H,29,30);8,14-17,21,23-24H,5-7,9-13H2,1-4H3;4-5,8,11,14,17,20,22-23H,6-7,9-10,12-13,15-16H2,1-3H3;7,11,13-15,17-19H,4-6,8-10,12H2,1-3H3/t22-,24-,25-,27-,28+;2*21-,23-,24-,26-,27+;20-,22-,23-,24-,25+;17-,18-,19-,22-,23-/m00000/s1. The molecule has 25 atom stereocenters. The van der Waals surface area contributed by atoms with E-state index in [-0.39, 0.29) is 66.9 Å². The lowest BCUT2D eigenvalue weighted by Crippen LogP contribution is -2.49. The summed E-state index contributed by atoms with van der Waals surface area (Å²) >= 11 is 0. The van der Waals surface area contributed by atoms with Crippen molar-refractivity contribution in [3.05, 3.63) is 215 Å². The number of allylic oxidation sites excluding steroid dienone is 15. The van der Waals surface area contributed by atoms with E-state index in [0.717, 1.165) is 181 Å². The van der Waals surface area contributed by atoms with Gasteiger partial charge in [-0.2, -0.15) is 0 Å². The van der Waals surface area contributed by atoms with Crippen LogP contribution >= 0.6 is 0 Å². The first-order chi connectivity index (χ1) is 70.6. The van der Waals surface area contributed by atoms with Gasteiger partial charge in [0.15, 0.2) is 0 Å². The van der Waals surface area contributed by atoms with Gasteiger partial charge in [0.25, 0.3) is 0 Å². The normalized spacial score (nSPS) is 38.7. The van der Waals surface area contributed by atoms with Crippen molar-refractivity contribution < 1.29 is 28.7 Å². The summed E-state index contributed by atoms with van der Waals surface area (Å²) in [6.07, 6.45) is 84.4. The van der Waals surface area contributed by atoms with E-state index in [1.165, 1.54) is 215 Å². The van der Waals surface area contributed by atoms with Gasteiger partial charge in [-0.1, -0.05) is 160 Å². The van der Waals surface area contributed by atoms with Crippen LogP contribution in [0.5, 0.6) is 11.5 Å². The van der Waals surface area contributed by atoms with Crippen LogP contribution in [0, 0.1) is 143 Å². The Balaban J connectivity index is 0.000000108. The van der Waals surface area contributed by atoms with Crippen LogP contribution in [0.25, 0.3) is 28.0 Å². The molecule has 786 valence electrons. The van der Waals surface area contributed by atoms with Crippen LogP contribution in [0.4, 0.5) is 0 Å². The lowest BCUT2D eigenvalue weighted by atomic mass is 9.47. The molecule has 17 heteroatoms. The molecule has 4 amide bonds. The molecule has 10 saturated carbocycles. The Morgan fingerprint density at radius 3 is 1.13 bits per heavy atom.